The first-order chi connectivity index (χ1) is 16.9. The molecule has 3 heterocycles. The summed E-state index contributed by atoms with van der Waals surface area (Å²) in [6, 6.07) is 16.1. The summed E-state index contributed by atoms with van der Waals surface area (Å²) in [5.74, 6) is 0.646. The summed E-state index contributed by atoms with van der Waals surface area (Å²) in [4.78, 5) is 20.1. The quantitative estimate of drug-likeness (QED) is 0.524. The van der Waals surface area contributed by atoms with Crippen LogP contribution in [0.3, 0.4) is 0 Å². The zero-order chi connectivity index (χ0) is 24.4. The average molecular weight is 513 g/mol. The third-order valence-electron chi connectivity index (χ3n) is 6.83. The largest absolute Gasteiger partial charge is 0.356 e. The topological polar surface area (TPSA) is 82.6 Å². The first-order valence-corrected chi connectivity index (χ1v) is 13.9. The van der Waals surface area contributed by atoms with Crippen molar-refractivity contribution in [3.63, 3.8) is 0 Å². The van der Waals surface area contributed by atoms with Gasteiger partial charge in [0.2, 0.25) is 15.9 Å². The van der Waals surface area contributed by atoms with E-state index in [2.05, 4.69) is 10.2 Å². The number of hydrogen-bond donors (Lipinski definition) is 1. The summed E-state index contributed by atoms with van der Waals surface area (Å²) >= 11 is 5.93. The molecule has 1 aromatic heterocycles. The van der Waals surface area contributed by atoms with E-state index in [1.807, 2.05) is 12.1 Å². The number of hydrogen-bond acceptors (Lipinski definition) is 5. The zero-order valence-electron chi connectivity index (χ0n) is 19.5. The number of nitrogens with zero attached hydrogens (tertiary/aromatic N) is 3. The Labute approximate surface area is 211 Å². The second kappa shape index (κ2) is 10.1. The highest BCUT2D eigenvalue weighted by molar-refractivity contribution is 7.89. The maximum Gasteiger partial charge on any atom is 0.243 e. The fraction of sp³-hybridized carbons (Fsp3) is 0.385. The lowest BCUT2D eigenvalue weighted by Gasteiger charge is -2.33. The third-order valence-corrected chi connectivity index (χ3v) is 8.97. The van der Waals surface area contributed by atoms with Gasteiger partial charge in [0.1, 0.15) is 5.82 Å². The van der Waals surface area contributed by atoms with Gasteiger partial charge in [-0.25, -0.2) is 13.4 Å². The van der Waals surface area contributed by atoms with E-state index in [9.17, 15) is 13.2 Å². The Balaban J connectivity index is 1.30. The van der Waals surface area contributed by atoms with Crippen LogP contribution in [0.1, 0.15) is 32.1 Å². The third kappa shape index (κ3) is 5.29. The molecule has 1 atom stereocenters. The van der Waals surface area contributed by atoms with Gasteiger partial charge in [0.15, 0.2) is 0 Å². The number of carbonyl (C=O) groups is 1. The van der Waals surface area contributed by atoms with Crippen LogP contribution in [-0.4, -0.2) is 49.8 Å². The molecule has 7 nitrogen and oxygen atoms in total. The first kappa shape index (κ1) is 24.0. The van der Waals surface area contributed by atoms with Crippen LogP contribution < -0.4 is 10.2 Å². The number of nitrogens with one attached hydrogen (secondary N) is 1. The van der Waals surface area contributed by atoms with Crippen molar-refractivity contribution in [3.05, 3.63) is 59.6 Å². The molecule has 35 heavy (non-hydrogen) atoms. The predicted octanol–water partition coefficient (Wildman–Crippen LogP) is 4.92. The summed E-state index contributed by atoms with van der Waals surface area (Å²) in [5, 5.41) is 4.40. The highest BCUT2D eigenvalue weighted by atomic mass is 35.5. The minimum absolute atomic E-state index is 0.00891. The lowest BCUT2D eigenvalue weighted by molar-refractivity contribution is -0.120. The van der Waals surface area contributed by atoms with E-state index in [1.165, 1.54) is 0 Å². The van der Waals surface area contributed by atoms with Crippen molar-refractivity contribution in [1.29, 1.82) is 0 Å². The van der Waals surface area contributed by atoms with Gasteiger partial charge in [-0.15, -0.1) is 0 Å². The van der Waals surface area contributed by atoms with Crippen LogP contribution in [0.25, 0.3) is 10.9 Å². The fourth-order valence-corrected chi connectivity index (χ4v) is 6.54. The maximum absolute atomic E-state index is 13.0. The fourth-order valence-electron chi connectivity index (χ4n) is 4.86. The molecule has 1 amide bonds. The van der Waals surface area contributed by atoms with E-state index < -0.39 is 10.0 Å². The van der Waals surface area contributed by atoms with Crippen LogP contribution in [0.4, 0.5) is 11.5 Å². The van der Waals surface area contributed by atoms with Crippen molar-refractivity contribution in [2.24, 2.45) is 5.92 Å². The number of amides is 1. The summed E-state index contributed by atoms with van der Waals surface area (Å²) in [6.45, 7) is 2.57. The van der Waals surface area contributed by atoms with E-state index in [0.29, 0.717) is 29.6 Å². The van der Waals surface area contributed by atoms with Crippen molar-refractivity contribution >= 4 is 49.9 Å². The van der Waals surface area contributed by atoms with Gasteiger partial charge in [-0.2, -0.15) is 4.31 Å². The van der Waals surface area contributed by atoms with Gasteiger partial charge in [0, 0.05) is 42.3 Å². The molecule has 2 aliphatic rings. The molecule has 3 aromatic rings. The number of aromatic nitrogens is 1. The zero-order valence-corrected chi connectivity index (χ0v) is 21.1. The Morgan fingerprint density at radius 3 is 2.49 bits per heavy atom. The van der Waals surface area contributed by atoms with Gasteiger partial charge in [0.05, 0.1) is 16.3 Å². The summed E-state index contributed by atoms with van der Waals surface area (Å²) in [6.07, 6.45) is 4.61. The summed E-state index contributed by atoms with van der Waals surface area (Å²) in [7, 11) is -3.49. The van der Waals surface area contributed by atoms with Crippen molar-refractivity contribution < 1.29 is 13.2 Å². The molecule has 0 saturated carbocycles. The van der Waals surface area contributed by atoms with E-state index in [1.54, 1.807) is 46.8 Å². The lowest BCUT2D eigenvalue weighted by atomic mass is 9.97. The molecule has 2 saturated heterocycles. The Kier molecular flexibility index (Phi) is 6.95. The monoisotopic (exact) mass is 512 g/mol. The number of anilines is 2. The number of carbonyl (C=O) groups excluding carboxylic acids is 1. The molecule has 1 N–H and O–H groups in total. The molecular formula is C26H29ClN4O3S. The number of sulfonamides is 1. The molecule has 0 spiro atoms. The van der Waals surface area contributed by atoms with E-state index in [0.717, 1.165) is 61.1 Å². The highest BCUT2D eigenvalue weighted by Crippen LogP contribution is 2.28. The van der Waals surface area contributed by atoms with Crippen LogP contribution in [0.15, 0.2) is 59.5 Å². The molecule has 2 fully saturated rings. The average Bonchev–Trinajstić information content (AvgIpc) is 2.90. The van der Waals surface area contributed by atoms with Gasteiger partial charge in [-0.3, -0.25) is 4.79 Å². The van der Waals surface area contributed by atoms with Crippen LogP contribution in [-0.2, 0) is 14.8 Å². The van der Waals surface area contributed by atoms with Gasteiger partial charge < -0.3 is 10.2 Å². The second-order valence-corrected chi connectivity index (χ2v) is 11.6. The SMILES string of the molecule is O=C(Nc1ccc(Cl)cc1)[C@H]1CCCN(c2ccc3cc(S(=O)(=O)N4CCCCC4)ccc3n2)C1. The molecule has 2 aromatic carbocycles. The van der Waals surface area contributed by atoms with Crippen molar-refractivity contribution in [2.75, 3.05) is 36.4 Å². The minimum atomic E-state index is -3.49. The molecule has 0 radical (unpaired) electrons. The first-order valence-electron chi connectivity index (χ1n) is 12.1. The molecular weight excluding hydrogens is 484 g/mol. The highest BCUT2D eigenvalue weighted by Gasteiger charge is 2.28. The molecule has 0 aliphatic carbocycles. The van der Waals surface area contributed by atoms with Gasteiger partial charge >= 0.3 is 0 Å². The van der Waals surface area contributed by atoms with E-state index >= 15 is 0 Å². The van der Waals surface area contributed by atoms with Crippen LogP contribution in [0, 0.1) is 5.92 Å². The summed E-state index contributed by atoms with van der Waals surface area (Å²) in [5.41, 5.74) is 1.48. The Bertz CT molecular complexity index is 1320. The number of fused-ring (bicyclic) bond motifs is 1. The van der Waals surface area contributed by atoms with Gasteiger partial charge in [-0.05, 0) is 80.3 Å². The number of piperidine rings is 2. The van der Waals surface area contributed by atoms with Crippen molar-refractivity contribution in [3.8, 4) is 0 Å². The maximum atomic E-state index is 13.0. The van der Waals surface area contributed by atoms with Crippen LogP contribution >= 0.6 is 11.6 Å². The van der Waals surface area contributed by atoms with Crippen molar-refractivity contribution in [2.45, 2.75) is 37.0 Å². The predicted molar refractivity (Wildman–Crippen MR) is 139 cm³/mol. The van der Waals surface area contributed by atoms with E-state index in [4.69, 9.17) is 16.6 Å². The normalized spacial score (nSPS) is 19.6. The molecule has 5 rings (SSSR count). The van der Waals surface area contributed by atoms with Crippen LogP contribution in [0.5, 0.6) is 0 Å². The number of pyridine rings is 1. The standard InChI is InChI=1S/C26H29ClN4O3S/c27-21-7-9-22(10-8-21)28-26(32)20-5-4-14-30(18-20)25-13-6-19-17-23(11-12-24(19)29-25)35(33,34)31-15-2-1-3-16-31/h6-13,17,20H,1-5,14-16,18H2,(H,28,32)/t20-/m0/s1. The Hall–Kier alpha value is -2.68. The molecule has 0 bridgehead atoms. The molecule has 2 aliphatic heterocycles. The Morgan fingerprint density at radius 1 is 0.943 bits per heavy atom. The number of rotatable bonds is 5. The molecule has 0 unspecified atom stereocenters. The second-order valence-electron chi connectivity index (χ2n) is 9.27. The van der Waals surface area contributed by atoms with Crippen LogP contribution in [0.2, 0.25) is 5.02 Å². The smallest absolute Gasteiger partial charge is 0.243 e. The van der Waals surface area contributed by atoms with Crippen molar-refractivity contribution in [1.82, 2.24) is 9.29 Å². The molecule has 184 valence electrons. The number of halogens is 1. The molecule has 9 heteroatoms. The minimum Gasteiger partial charge on any atom is -0.356 e. The van der Waals surface area contributed by atoms with Gasteiger partial charge in [-0.1, -0.05) is 18.0 Å². The Morgan fingerprint density at radius 2 is 1.71 bits per heavy atom. The lowest BCUT2D eigenvalue weighted by Crippen LogP contribution is -2.41. The summed E-state index contributed by atoms with van der Waals surface area (Å²) < 4.78 is 27.7. The van der Waals surface area contributed by atoms with E-state index in [-0.39, 0.29) is 11.8 Å². The number of benzene rings is 2. The van der Waals surface area contributed by atoms with Gasteiger partial charge in [0.25, 0.3) is 0 Å².